The Morgan fingerprint density at radius 1 is 1.28 bits per heavy atom. The summed E-state index contributed by atoms with van der Waals surface area (Å²) in [4.78, 5) is 12.2. The van der Waals surface area contributed by atoms with Crippen molar-refractivity contribution in [3.63, 3.8) is 0 Å². The molecule has 0 radical (unpaired) electrons. The second kappa shape index (κ2) is 7.33. The van der Waals surface area contributed by atoms with Gasteiger partial charge in [0.2, 0.25) is 5.91 Å². The third-order valence-corrected chi connectivity index (χ3v) is 5.22. The zero-order valence-corrected chi connectivity index (χ0v) is 14.4. The molecule has 1 aliphatic carbocycles. The lowest BCUT2D eigenvalue weighted by Gasteiger charge is -2.30. The Kier molecular flexibility index (Phi) is 5.16. The van der Waals surface area contributed by atoms with Gasteiger partial charge in [-0.3, -0.25) is 9.48 Å². The van der Waals surface area contributed by atoms with Crippen molar-refractivity contribution in [2.75, 3.05) is 6.54 Å². The SMILES string of the molecule is Cn1nccc1CCC(=O)NCC1(c2cc(F)ccc2F)CCCC1. The summed E-state index contributed by atoms with van der Waals surface area (Å²) in [6, 6.07) is 5.47. The van der Waals surface area contributed by atoms with E-state index in [9.17, 15) is 13.6 Å². The number of halogens is 2. The fourth-order valence-electron chi connectivity index (χ4n) is 3.74. The number of nitrogens with one attached hydrogen (secondary N) is 1. The average Bonchev–Trinajstić information content (AvgIpc) is 3.23. The largest absolute Gasteiger partial charge is 0.355 e. The highest BCUT2D eigenvalue weighted by molar-refractivity contribution is 5.76. The van der Waals surface area contributed by atoms with Crippen LogP contribution in [0.1, 0.15) is 43.4 Å². The van der Waals surface area contributed by atoms with Crippen molar-refractivity contribution >= 4 is 5.91 Å². The summed E-state index contributed by atoms with van der Waals surface area (Å²) in [5, 5.41) is 7.01. The maximum atomic E-state index is 14.3. The van der Waals surface area contributed by atoms with Gasteiger partial charge in [-0.1, -0.05) is 12.8 Å². The Hall–Kier alpha value is -2.24. The van der Waals surface area contributed by atoms with E-state index in [1.807, 2.05) is 13.1 Å². The van der Waals surface area contributed by atoms with E-state index in [0.29, 0.717) is 24.9 Å². The fraction of sp³-hybridized carbons (Fsp3) is 0.474. The molecular formula is C19H23F2N3O. The van der Waals surface area contributed by atoms with Gasteiger partial charge in [-0.2, -0.15) is 5.10 Å². The molecule has 4 nitrogen and oxygen atoms in total. The van der Waals surface area contributed by atoms with Crippen molar-refractivity contribution in [1.29, 1.82) is 0 Å². The zero-order valence-electron chi connectivity index (χ0n) is 14.4. The molecular weight excluding hydrogens is 324 g/mol. The lowest BCUT2D eigenvalue weighted by Crippen LogP contribution is -2.39. The van der Waals surface area contributed by atoms with Crippen LogP contribution in [0.4, 0.5) is 8.78 Å². The van der Waals surface area contributed by atoms with Crippen LogP contribution in [0.2, 0.25) is 0 Å². The Bertz CT molecular complexity index is 751. The van der Waals surface area contributed by atoms with Crippen LogP contribution >= 0.6 is 0 Å². The number of nitrogens with zero attached hydrogens (tertiary/aromatic N) is 2. The van der Waals surface area contributed by atoms with Gasteiger partial charge in [0.1, 0.15) is 11.6 Å². The molecule has 1 heterocycles. The standard InChI is InChI=1S/C19H23F2N3O/c1-24-15(8-11-23-24)5-7-18(25)22-13-19(9-2-3-10-19)16-12-14(20)4-6-17(16)21/h4,6,8,11-12H,2-3,5,7,9-10,13H2,1H3,(H,22,25). The minimum absolute atomic E-state index is 0.0794. The highest BCUT2D eigenvalue weighted by atomic mass is 19.1. The van der Waals surface area contributed by atoms with Crippen molar-refractivity contribution in [3.8, 4) is 0 Å². The fourth-order valence-corrected chi connectivity index (χ4v) is 3.74. The van der Waals surface area contributed by atoms with Crippen LogP contribution in [-0.2, 0) is 23.7 Å². The van der Waals surface area contributed by atoms with E-state index in [4.69, 9.17) is 0 Å². The second-order valence-electron chi connectivity index (χ2n) is 6.83. The van der Waals surface area contributed by atoms with Gasteiger partial charge in [0, 0.05) is 37.3 Å². The van der Waals surface area contributed by atoms with Crippen molar-refractivity contribution < 1.29 is 13.6 Å². The van der Waals surface area contributed by atoms with E-state index in [1.165, 1.54) is 12.1 Å². The molecule has 134 valence electrons. The van der Waals surface area contributed by atoms with Crippen LogP contribution in [0.5, 0.6) is 0 Å². The van der Waals surface area contributed by atoms with E-state index in [0.717, 1.165) is 37.4 Å². The molecule has 3 rings (SSSR count). The van der Waals surface area contributed by atoms with Crippen molar-refractivity contribution in [2.45, 2.75) is 43.9 Å². The monoisotopic (exact) mass is 347 g/mol. The first-order chi connectivity index (χ1) is 12.0. The molecule has 0 atom stereocenters. The maximum absolute atomic E-state index is 14.3. The summed E-state index contributed by atoms with van der Waals surface area (Å²) < 4.78 is 29.6. The summed E-state index contributed by atoms with van der Waals surface area (Å²) in [5.74, 6) is -0.915. The zero-order chi connectivity index (χ0) is 17.9. The first-order valence-corrected chi connectivity index (χ1v) is 8.69. The topological polar surface area (TPSA) is 46.9 Å². The van der Waals surface area contributed by atoms with E-state index >= 15 is 0 Å². The first-order valence-electron chi connectivity index (χ1n) is 8.69. The van der Waals surface area contributed by atoms with Crippen LogP contribution in [0, 0.1) is 11.6 Å². The molecule has 1 aromatic carbocycles. The van der Waals surface area contributed by atoms with Crippen LogP contribution in [0.25, 0.3) is 0 Å². The van der Waals surface area contributed by atoms with E-state index in [2.05, 4.69) is 10.4 Å². The van der Waals surface area contributed by atoms with Crippen molar-refractivity contribution in [1.82, 2.24) is 15.1 Å². The quantitative estimate of drug-likeness (QED) is 0.872. The molecule has 2 aromatic rings. The minimum atomic E-state index is -0.506. The Morgan fingerprint density at radius 3 is 2.72 bits per heavy atom. The van der Waals surface area contributed by atoms with E-state index in [1.54, 1.807) is 10.9 Å². The molecule has 25 heavy (non-hydrogen) atoms. The van der Waals surface area contributed by atoms with Crippen LogP contribution in [0.15, 0.2) is 30.5 Å². The maximum Gasteiger partial charge on any atom is 0.220 e. The molecule has 0 unspecified atom stereocenters. The number of rotatable bonds is 6. The summed E-state index contributed by atoms with van der Waals surface area (Å²) in [7, 11) is 1.84. The molecule has 1 amide bonds. The normalized spacial score (nSPS) is 16.1. The minimum Gasteiger partial charge on any atom is -0.355 e. The van der Waals surface area contributed by atoms with E-state index in [-0.39, 0.29) is 5.91 Å². The third kappa shape index (κ3) is 3.89. The number of hydrogen-bond donors (Lipinski definition) is 1. The highest BCUT2D eigenvalue weighted by Gasteiger charge is 2.38. The van der Waals surface area contributed by atoms with Crippen LogP contribution in [-0.4, -0.2) is 22.2 Å². The molecule has 1 aromatic heterocycles. The third-order valence-electron chi connectivity index (χ3n) is 5.22. The molecule has 1 aliphatic rings. The molecule has 0 aliphatic heterocycles. The Morgan fingerprint density at radius 2 is 2.04 bits per heavy atom. The number of aromatic nitrogens is 2. The highest BCUT2D eigenvalue weighted by Crippen LogP contribution is 2.42. The van der Waals surface area contributed by atoms with Gasteiger partial charge >= 0.3 is 0 Å². The molecule has 0 spiro atoms. The summed E-state index contributed by atoms with van der Waals surface area (Å²) in [6.45, 7) is 0.345. The number of carbonyl (C=O) groups is 1. The smallest absolute Gasteiger partial charge is 0.220 e. The van der Waals surface area contributed by atoms with Gasteiger partial charge in [0.05, 0.1) is 0 Å². The van der Waals surface area contributed by atoms with Gasteiger partial charge in [-0.15, -0.1) is 0 Å². The van der Waals surface area contributed by atoms with Gasteiger partial charge in [0.25, 0.3) is 0 Å². The van der Waals surface area contributed by atoms with Gasteiger partial charge in [0.15, 0.2) is 0 Å². The average molecular weight is 347 g/mol. The number of aryl methyl sites for hydroxylation is 2. The van der Waals surface area contributed by atoms with Crippen LogP contribution in [0.3, 0.4) is 0 Å². The lowest BCUT2D eigenvalue weighted by atomic mass is 9.78. The first kappa shape index (κ1) is 17.6. The molecule has 0 bridgehead atoms. The molecule has 1 N–H and O–H groups in total. The lowest BCUT2D eigenvalue weighted by molar-refractivity contribution is -0.121. The van der Waals surface area contributed by atoms with Gasteiger partial charge < -0.3 is 5.32 Å². The van der Waals surface area contributed by atoms with Crippen LogP contribution < -0.4 is 5.32 Å². The van der Waals surface area contributed by atoms with Crippen molar-refractivity contribution in [3.05, 3.63) is 53.4 Å². The molecule has 0 saturated heterocycles. The molecule has 1 fully saturated rings. The molecule has 1 saturated carbocycles. The summed E-state index contributed by atoms with van der Waals surface area (Å²) in [6.07, 6.45) is 6.09. The number of benzene rings is 1. The number of carbonyl (C=O) groups excluding carboxylic acids is 1. The summed E-state index contributed by atoms with van der Waals surface area (Å²) >= 11 is 0. The second-order valence-corrected chi connectivity index (χ2v) is 6.83. The Balaban J connectivity index is 1.65. The van der Waals surface area contributed by atoms with Gasteiger partial charge in [-0.25, -0.2) is 8.78 Å². The van der Waals surface area contributed by atoms with E-state index < -0.39 is 17.0 Å². The molecule has 6 heteroatoms. The van der Waals surface area contributed by atoms with Gasteiger partial charge in [-0.05, 0) is 49.1 Å². The number of hydrogen-bond acceptors (Lipinski definition) is 2. The number of amides is 1. The van der Waals surface area contributed by atoms with Crippen molar-refractivity contribution in [2.24, 2.45) is 7.05 Å². The predicted molar refractivity (Wildman–Crippen MR) is 91.0 cm³/mol. The summed E-state index contributed by atoms with van der Waals surface area (Å²) in [5.41, 5.74) is 0.868. The predicted octanol–water partition coefficient (Wildman–Crippen LogP) is 3.26. The Labute approximate surface area is 146 Å².